The maximum absolute atomic E-state index is 11.9. The molecule has 0 aliphatic heterocycles. The topological polar surface area (TPSA) is 78.4 Å². The maximum atomic E-state index is 11.9. The summed E-state index contributed by atoms with van der Waals surface area (Å²) >= 11 is 1.31. The lowest BCUT2D eigenvalue weighted by molar-refractivity contribution is -0.119. The van der Waals surface area contributed by atoms with Crippen molar-refractivity contribution in [3.63, 3.8) is 0 Å². The average Bonchev–Trinajstić information content (AvgIpc) is 2.43. The quantitative estimate of drug-likeness (QED) is 0.777. The number of aliphatic hydroxyl groups is 1. The van der Waals surface area contributed by atoms with E-state index in [9.17, 15) is 14.7 Å². The van der Waals surface area contributed by atoms with E-state index in [1.165, 1.54) is 11.8 Å². The molecule has 0 saturated carbocycles. The second-order valence-corrected chi connectivity index (χ2v) is 7.47. The molecule has 0 aromatic heterocycles. The van der Waals surface area contributed by atoms with E-state index in [-0.39, 0.29) is 5.91 Å². The molecular formula is C16H24N2O3S. The van der Waals surface area contributed by atoms with E-state index in [1.54, 1.807) is 6.92 Å². The summed E-state index contributed by atoms with van der Waals surface area (Å²) in [5.74, 6) is 0.0199. The molecule has 0 spiro atoms. The van der Waals surface area contributed by atoms with E-state index in [1.807, 2.05) is 51.1 Å². The zero-order valence-corrected chi connectivity index (χ0v) is 14.2. The largest absolute Gasteiger partial charge is 0.388 e. The van der Waals surface area contributed by atoms with E-state index < -0.39 is 22.9 Å². The number of hydrogen-bond donors (Lipinski definition) is 3. The Balaban J connectivity index is 2.40. The van der Waals surface area contributed by atoms with Crippen molar-refractivity contribution in [1.82, 2.24) is 10.6 Å². The van der Waals surface area contributed by atoms with Gasteiger partial charge in [0.1, 0.15) is 0 Å². The van der Waals surface area contributed by atoms with Crippen LogP contribution in [0.25, 0.3) is 0 Å². The van der Waals surface area contributed by atoms with Crippen LogP contribution in [0, 0.1) is 0 Å². The van der Waals surface area contributed by atoms with Gasteiger partial charge in [0, 0.05) is 11.3 Å². The summed E-state index contributed by atoms with van der Waals surface area (Å²) in [7, 11) is 0. The Labute approximate surface area is 135 Å². The van der Waals surface area contributed by atoms with Gasteiger partial charge in [0.05, 0.1) is 11.4 Å². The molecule has 0 aliphatic carbocycles. The molecule has 0 bridgehead atoms. The molecule has 6 heteroatoms. The van der Waals surface area contributed by atoms with Gasteiger partial charge in [-0.25, -0.2) is 4.79 Å². The second-order valence-electron chi connectivity index (χ2n) is 6.10. The van der Waals surface area contributed by atoms with E-state index in [0.717, 1.165) is 5.56 Å². The molecule has 0 fully saturated rings. The minimum Gasteiger partial charge on any atom is -0.388 e. The van der Waals surface area contributed by atoms with Crippen LogP contribution in [0.3, 0.4) is 0 Å². The van der Waals surface area contributed by atoms with Gasteiger partial charge in [0.15, 0.2) is 0 Å². The Hall–Kier alpha value is -1.53. The van der Waals surface area contributed by atoms with Gasteiger partial charge in [-0.2, -0.15) is 0 Å². The van der Waals surface area contributed by atoms with Gasteiger partial charge in [-0.15, -0.1) is 11.8 Å². The number of thioether (sulfide) groups is 1. The highest BCUT2D eigenvalue weighted by molar-refractivity contribution is 8.00. The predicted molar refractivity (Wildman–Crippen MR) is 89.7 cm³/mol. The van der Waals surface area contributed by atoms with Crippen molar-refractivity contribution in [2.24, 2.45) is 0 Å². The molecule has 1 aromatic carbocycles. The summed E-state index contributed by atoms with van der Waals surface area (Å²) < 4.78 is 0. The number of aliphatic hydroxyl groups excluding tert-OH is 1. The lowest BCUT2D eigenvalue weighted by atomic mass is 10.1. The van der Waals surface area contributed by atoms with Gasteiger partial charge >= 0.3 is 6.03 Å². The molecule has 3 amide bonds. The Kier molecular flexibility index (Phi) is 6.90. The van der Waals surface area contributed by atoms with Crippen molar-refractivity contribution in [3.8, 4) is 0 Å². The Morgan fingerprint density at radius 1 is 1.23 bits per heavy atom. The lowest BCUT2D eigenvalue weighted by Gasteiger charge is -2.21. The number of carbonyl (C=O) groups excluding carboxylic acids is 2. The van der Waals surface area contributed by atoms with Crippen LogP contribution < -0.4 is 10.6 Å². The van der Waals surface area contributed by atoms with Crippen LogP contribution in [0.4, 0.5) is 4.79 Å². The minimum absolute atomic E-state index is 0.369. The molecule has 2 unspecified atom stereocenters. The molecule has 0 heterocycles. The minimum atomic E-state index is -0.634. The number of rotatable bonds is 5. The fraction of sp³-hybridized carbons (Fsp3) is 0.500. The van der Waals surface area contributed by atoms with Crippen LogP contribution in [0.15, 0.2) is 30.3 Å². The number of nitrogens with one attached hydrogen (secondary N) is 2. The van der Waals surface area contributed by atoms with Crippen LogP contribution in [0.5, 0.6) is 0 Å². The first kappa shape index (κ1) is 18.5. The van der Waals surface area contributed by atoms with E-state index >= 15 is 0 Å². The molecule has 22 heavy (non-hydrogen) atoms. The number of benzene rings is 1. The highest BCUT2D eigenvalue weighted by Crippen LogP contribution is 2.21. The van der Waals surface area contributed by atoms with Crippen LogP contribution in [0.1, 0.15) is 39.4 Å². The summed E-state index contributed by atoms with van der Waals surface area (Å²) in [6.45, 7) is 7.23. The first-order valence-corrected chi connectivity index (χ1v) is 8.21. The number of carbonyl (C=O) groups is 2. The normalized spacial score (nSPS) is 14.0. The Morgan fingerprint density at radius 3 is 2.36 bits per heavy atom. The van der Waals surface area contributed by atoms with Crippen molar-refractivity contribution in [2.45, 2.75) is 44.6 Å². The molecule has 1 aromatic rings. The van der Waals surface area contributed by atoms with E-state index in [0.29, 0.717) is 5.75 Å². The first-order chi connectivity index (χ1) is 10.2. The number of amides is 3. The zero-order chi connectivity index (χ0) is 16.8. The van der Waals surface area contributed by atoms with Crippen molar-refractivity contribution in [1.29, 1.82) is 0 Å². The molecule has 1 rings (SSSR count). The molecule has 0 aliphatic rings. The number of urea groups is 1. The second kappa shape index (κ2) is 8.19. The fourth-order valence-electron chi connectivity index (χ4n) is 1.67. The van der Waals surface area contributed by atoms with Crippen molar-refractivity contribution in [3.05, 3.63) is 35.9 Å². The van der Waals surface area contributed by atoms with Gasteiger partial charge in [-0.05, 0) is 33.3 Å². The summed E-state index contributed by atoms with van der Waals surface area (Å²) in [4.78, 5) is 23.5. The van der Waals surface area contributed by atoms with Gasteiger partial charge in [-0.3, -0.25) is 10.1 Å². The lowest BCUT2D eigenvalue weighted by Crippen LogP contribution is -2.49. The SMILES string of the molecule is CC(SCC(O)c1ccccc1)C(=O)NC(=O)NC(C)(C)C. The average molecular weight is 324 g/mol. The Bertz CT molecular complexity index is 500. The summed E-state index contributed by atoms with van der Waals surface area (Å²) in [6, 6.07) is 8.77. The summed E-state index contributed by atoms with van der Waals surface area (Å²) in [5, 5.41) is 14.6. The van der Waals surface area contributed by atoms with Gasteiger partial charge < -0.3 is 10.4 Å². The third-order valence-corrected chi connectivity index (χ3v) is 4.01. The monoisotopic (exact) mass is 324 g/mol. The Morgan fingerprint density at radius 2 is 1.82 bits per heavy atom. The van der Waals surface area contributed by atoms with Crippen LogP contribution in [-0.2, 0) is 4.79 Å². The molecule has 3 N–H and O–H groups in total. The van der Waals surface area contributed by atoms with Crippen LogP contribution in [0.2, 0.25) is 0 Å². The van der Waals surface area contributed by atoms with Crippen molar-refractivity contribution in [2.75, 3.05) is 5.75 Å². The van der Waals surface area contributed by atoms with E-state index in [2.05, 4.69) is 10.6 Å². The highest BCUT2D eigenvalue weighted by atomic mass is 32.2. The van der Waals surface area contributed by atoms with Crippen molar-refractivity contribution >= 4 is 23.7 Å². The van der Waals surface area contributed by atoms with E-state index in [4.69, 9.17) is 0 Å². The van der Waals surface area contributed by atoms with Crippen LogP contribution >= 0.6 is 11.8 Å². The zero-order valence-electron chi connectivity index (χ0n) is 13.4. The fourth-order valence-corrected chi connectivity index (χ4v) is 2.54. The van der Waals surface area contributed by atoms with Crippen molar-refractivity contribution < 1.29 is 14.7 Å². The smallest absolute Gasteiger partial charge is 0.321 e. The maximum Gasteiger partial charge on any atom is 0.321 e. The molecule has 0 saturated heterocycles. The molecule has 122 valence electrons. The first-order valence-electron chi connectivity index (χ1n) is 7.16. The standard InChI is InChI=1S/C16H24N2O3S/c1-11(14(20)17-15(21)18-16(2,3)4)22-10-13(19)12-8-6-5-7-9-12/h5-9,11,13,19H,10H2,1-4H3,(H2,17,18,20,21). The number of imide groups is 1. The highest BCUT2D eigenvalue weighted by Gasteiger charge is 2.20. The van der Waals surface area contributed by atoms with Gasteiger partial charge in [-0.1, -0.05) is 30.3 Å². The summed E-state index contributed by atoms with van der Waals surface area (Å²) in [6.07, 6.45) is -0.634. The van der Waals surface area contributed by atoms with Gasteiger partial charge in [0.25, 0.3) is 0 Å². The number of hydrogen-bond acceptors (Lipinski definition) is 4. The predicted octanol–water partition coefficient (Wildman–Crippen LogP) is 2.47. The molecule has 0 radical (unpaired) electrons. The molecule has 5 nitrogen and oxygen atoms in total. The van der Waals surface area contributed by atoms with Gasteiger partial charge in [0.2, 0.25) is 5.91 Å². The van der Waals surface area contributed by atoms with Crippen LogP contribution in [-0.4, -0.2) is 33.6 Å². The third kappa shape index (κ3) is 6.95. The molecule has 2 atom stereocenters. The third-order valence-electron chi connectivity index (χ3n) is 2.78. The summed E-state index contributed by atoms with van der Waals surface area (Å²) in [5.41, 5.74) is 0.414. The molecular weight excluding hydrogens is 300 g/mol.